The second-order valence-corrected chi connectivity index (χ2v) is 20.0. The van der Waals surface area contributed by atoms with Gasteiger partial charge in [0.15, 0.2) is 0 Å². The van der Waals surface area contributed by atoms with E-state index in [0.29, 0.717) is 25.1 Å². The maximum atomic E-state index is 12.0. The van der Waals surface area contributed by atoms with Crippen molar-refractivity contribution in [3.8, 4) is 11.5 Å². The van der Waals surface area contributed by atoms with E-state index in [0.717, 1.165) is 106 Å². The number of phenolic OH excluding ortho intramolecular Hbond substituents is 1. The summed E-state index contributed by atoms with van der Waals surface area (Å²) in [5.74, 6) is 3.21. The minimum atomic E-state index is -0.0438. The van der Waals surface area contributed by atoms with Crippen LogP contribution < -0.4 is 4.74 Å². The lowest BCUT2D eigenvalue weighted by Crippen LogP contribution is -2.36. The van der Waals surface area contributed by atoms with Gasteiger partial charge >= 0.3 is 11.9 Å². The van der Waals surface area contributed by atoms with Gasteiger partial charge in [-0.1, -0.05) is 88.8 Å². The first-order chi connectivity index (χ1) is 32.6. The molecular formula is C58H84N2O7. The minimum absolute atomic E-state index is 0.0212. The van der Waals surface area contributed by atoms with Crippen molar-refractivity contribution in [3.63, 3.8) is 0 Å². The number of piperidine rings is 2. The number of benzene rings is 4. The lowest BCUT2D eigenvalue weighted by molar-refractivity contribution is -0.150. The molecule has 0 bridgehead atoms. The highest BCUT2D eigenvalue weighted by molar-refractivity contribution is 5.85. The van der Waals surface area contributed by atoms with E-state index < -0.39 is 0 Å². The molecule has 4 aromatic carbocycles. The number of carbonyl (C=O) groups excluding carboxylic acids is 2. The number of carbonyl (C=O) groups is 2. The summed E-state index contributed by atoms with van der Waals surface area (Å²) < 4.78 is 16.7. The monoisotopic (exact) mass is 921 g/mol. The Hall–Kier alpha value is -4.18. The van der Waals surface area contributed by atoms with Crippen molar-refractivity contribution in [3.05, 3.63) is 83.9 Å². The average Bonchev–Trinajstić information content (AvgIpc) is 3.35. The number of rotatable bonds is 16. The Bertz CT molecular complexity index is 2070. The van der Waals surface area contributed by atoms with Crippen LogP contribution in [0.5, 0.6) is 11.5 Å². The molecule has 0 unspecified atom stereocenters. The number of ether oxygens (including phenoxy) is 3. The lowest BCUT2D eigenvalue weighted by atomic mass is 9.84. The number of aromatic hydroxyl groups is 1. The molecule has 368 valence electrons. The average molecular weight is 921 g/mol. The summed E-state index contributed by atoms with van der Waals surface area (Å²) in [6.45, 7) is 14.8. The zero-order valence-electron chi connectivity index (χ0n) is 41.6. The first-order valence-corrected chi connectivity index (χ1v) is 26.5. The van der Waals surface area contributed by atoms with Crippen LogP contribution in [0.4, 0.5) is 0 Å². The molecular weight excluding hydrogens is 837 g/mol. The zero-order chi connectivity index (χ0) is 47.4. The molecule has 4 aliphatic rings. The van der Waals surface area contributed by atoms with E-state index >= 15 is 0 Å². The Morgan fingerprint density at radius 1 is 0.537 bits per heavy atom. The van der Waals surface area contributed by atoms with Crippen LogP contribution >= 0.6 is 0 Å². The van der Waals surface area contributed by atoms with Crippen LogP contribution in [0.25, 0.3) is 21.5 Å². The molecule has 9 heteroatoms. The second-order valence-electron chi connectivity index (χ2n) is 20.0. The number of aliphatic hydroxyl groups is 1. The summed E-state index contributed by atoms with van der Waals surface area (Å²) in [6, 6.07) is 25.1. The van der Waals surface area contributed by atoms with Crippen LogP contribution in [-0.2, 0) is 32.2 Å². The molecule has 2 N–H and O–H groups in total. The number of esters is 2. The van der Waals surface area contributed by atoms with Crippen LogP contribution in [-0.4, -0.2) is 83.6 Å². The van der Waals surface area contributed by atoms with E-state index in [1.54, 1.807) is 12.1 Å². The van der Waals surface area contributed by atoms with Gasteiger partial charge in [0.2, 0.25) is 0 Å². The number of phenols is 1. The van der Waals surface area contributed by atoms with Crippen molar-refractivity contribution >= 4 is 33.5 Å². The van der Waals surface area contributed by atoms with E-state index in [4.69, 9.17) is 14.2 Å². The number of likely N-dealkylation sites (tertiary alicyclic amines) is 2. The van der Waals surface area contributed by atoms with Gasteiger partial charge < -0.3 is 24.4 Å². The van der Waals surface area contributed by atoms with Crippen LogP contribution in [0.2, 0.25) is 0 Å². The maximum absolute atomic E-state index is 12.0. The van der Waals surface area contributed by atoms with Crippen molar-refractivity contribution in [2.45, 2.75) is 169 Å². The fraction of sp³-hybridized carbons (Fsp3) is 0.621. The summed E-state index contributed by atoms with van der Waals surface area (Å²) in [6.07, 6.45) is 21.7. The third-order valence-electron chi connectivity index (χ3n) is 14.8. The van der Waals surface area contributed by atoms with Crippen molar-refractivity contribution < 1.29 is 34.0 Å². The fourth-order valence-corrected chi connectivity index (χ4v) is 10.7. The number of nitrogens with zero attached hydrogens (tertiary/aromatic N) is 2. The van der Waals surface area contributed by atoms with Crippen molar-refractivity contribution in [1.29, 1.82) is 0 Å². The van der Waals surface area contributed by atoms with Gasteiger partial charge in [-0.15, -0.1) is 0 Å². The second kappa shape index (κ2) is 27.7. The highest BCUT2D eigenvalue weighted by atomic mass is 16.5. The van der Waals surface area contributed by atoms with E-state index in [2.05, 4.69) is 78.2 Å². The Kier molecular flexibility index (Phi) is 21.6. The Morgan fingerprint density at radius 3 is 1.45 bits per heavy atom. The number of aliphatic hydroxyl groups excluding tert-OH is 1. The summed E-state index contributed by atoms with van der Waals surface area (Å²) in [4.78, 5) is 28.6. The largest absolute Gasteiger partial charge is 0.508 e. The standard InChI is InChI=1S/C29H41NO3.C19H23NO3.C10H20O/c1-3-5-6-22-8-12-27(13-9-22)33-28-14-11-25-19-23(7-10-26(25)20-28)21-30-17-15-24(16-18-30)29(31)32-4-2;1-2-23-19(22)15-7-9-20(10-8-15)13-14-3-4-17-12-18(21)6-5-16(17)11-14;1-2-3-4-9-5-7-10(11)8-6-9/h7,10-11,14,19-20,22,24,27H,3-6,8-9,12-13,15-18,21H2,1-2H3;3-6,11-12,15,21H,2,7-10,13H2,1H3;9-11H,2-8H2,1H3. The molecule has 0 spiro atoms. The first kappa shape index (κ1) is 52.2. The minimum Gasteiger partial charge on any atom is -0.508 e. The predicted molar refractivity (Wildman–Crippen MR) is 272 cm³/mol. The molecule has 0 aromatic heterocycles. The Morgan fingerprint density at radius 2 is 0.970 bits per heavy atom. The number of fused-ring (bicyclic) bond motifs is 2. The van der Waals surface area contributed by atoms with Crippen molar-refractivity contribution in [2.24, 2.45) is 23.7 Å². The predicted octanol–water partition coefficient (Wildman–Crippen LogP) is 12.8. The number of hydrogen-bond donors (Lipinski definition) is 2. The van der Waals surface area contributed by atoms with Crippen LogP contribution in [0.15, 0.2) is 72.8 Å². The van der Waals surface area contributed by atoms with E-state index in [9.17, 15) is 19.8 Å². The Balaban J connectivity index is 0.000000188. The smallest absolute Gasteiger partial charge is 0.309 e. The van der Waals surface area contributed by atoms with E-state index in [1.807, 2.05) is 19.9 Å². The van der Waals surface area contributed by atoms with Gasteiger partial charge in [-0.05, 0) is 198 Å². The van der Waals surface area contributed by atoms with Gasteiger partial charge in [-0.25, -0.2) is 0 Å². The lowest BCUT2D eigenvalue weighted by Gasteiger charge is -2.30. The fourth-order valence-electron chi connectivity index (χ4n) is 10.7. The van der Waals surface area contributed by atoms with Gasteiger partial charge in [0.1, 0.15) is 11.5 Å². The quantitative estimate of drug-likeness (QED) is 0.106. The van der Waals surface area contributed by atoms with Crippen LogP contribution in [0.1, 0.15) is 154 Å². The van der Waals surface area contributed by atoms with Crippen LogP contribution in [0.3, 0.4) is 0 Å². The normalized spacial score (nSPS) is 22.0. The third-order valence-corrected chi connectivity index (χ3v) is 14.8. The van der Waals surface area contributed by atoms with E-state index in [1.165, 1.54) is 98.9 Å². The molecule has 0 amide bonds. The first-order valence-electron chi connectivity index (χ1n) is 26.5. The molecule has 8 rings (SSSR count). The number of hydrogen-bond acceptors (Lipinski definition) is 9. The summed E-state index contributed by atoms with van der Waals surface area (Å²) in [5.41, 5.74) is 2.59. The highest BCUT2D eigenvalue weighted by Crippen LogP contribution is 2.33. The Labute approximate surface area is 402 Å². The molecule has 67 heavy (non-hydrogen) atoms. The van der Waals surface area contributed by atoms with E-state index in [-0.39, 0.29) is 29.9 Å². The molecule has 4 fully saturated rings. The van der Waals surface area contributed by atoms with Crippen molar-refractivity contribution in [1.82, 2.24) is 9.80 Å². The van der Waals surface area contributed by atoms with Gasteiger partial charge in [0, 0.05) is 13.1 Å². The maximum Gasteiger partial charge on any atom is 0.309 e. The van der Waals surface area contributed by atoms with Gasteiger partial charge in [0.25, 0.3) is 0 Å². The third kappa shape index (κ3) is 17.1. The summed E-state index contributed by atoms with van der Waals surface area (Å²) in [7, 11) is 0. The highest BCUT2D eigenvalue weighted by Gasteiger charge is 2.28. The van der Waals surface area contributed by atoms with Gasteiger partial charge in [-0.3, -0.25) is 19.4 Å². The number of unbranched alkanes of at least 4 members (excludes halogenated alkanes) is 2. The molecule has 0 atom stereocenters. The van der Waals surface area contributed by atoms with Crippen molar-refractivity contribution in [2.75, 3.05) is 39.4 Å². The topological polar surface area (TPSA) is 109 Å². The molecule has 2 aliphatic heterocycles. The summed E-state index contributed by atoms with van der Waals surface area (Å²) >= 11 is 0. The molecule has 2 heterocycles. The molecule has 2 saturated carbocycles. The zero-order valence-corrected chi connectivity index (χ0v) is 41.6. The van der Waals surface area contributed by atoms with Gasteiger partial charge in [0.05, 0.1) is 37.3 Å². The molecule has 2 saturated heterocycles. The molecule has 4 aromatic rings. The summed E-state index contributed by atoms with van der Waals surface area (Å²) in [5, 5.41) is 23.5. The molecule has 2 aliphatic carbocycles. The van der Waals surface area contributed by atoms with Crippen LogP contribution in [0, 0.1) is 23.7 Å². The molecule has 0 radical (unpaired) electrons. The molecule has 9 nitrogen and oxygen atoms in total. The van der Waals surface area contributed by atoms with Gasteiger partial charge in [-0.2, -0.15) is 0 Å². The SMILES string of the molecule is CCCCC1CCC(O)CC1.CCCCC1CCC(Oc2ccc3cc(CN4CCC(C(=O)OCC)CC4)ccc3c2)CC1.CCOC(=O)C1CCN(Cc2ccc3cc(O)ccc3c2)CC1.